The second-order valence-corrected chi connectivity index (χ2v) is 9.24. The van der Waals surface area contributed by atoms with Gasteiger partial charge in [-0.1, -0.05) is 67.8 Å². The van der Waals surface area contributed by atoms with E-state index in [0.29, 0.717) is 13.0 Å². The van der Waals surface area contributed by atoms with E-state index in [4.69, 9.17) is 9.84 Å². The van der Waals surface area contributed by atoms with E-state index in [1.807, 2.05) is 24.3 Å². The Kier molecular flexibility index (Phi) is 8.68. The number of carbonyl (C=O) groups is 3. The van der Waals surface area contributed by atoms with Crippen LogP contribution in [0.1, 0.15) is 69.4 Å². The van der Waals surface area contributed by atoms with Gasteiger partial charge in [0.1, 0.15) is 12.1 Å². The summed E-state index contributed by atoms with van der Waals surface area (Å²) in [6, 6.07) is 16.3. The van der Waals surface area contributed by atoms with E-state index in [9.17, 15) is 14.4 Å². The second kappa shape index (κ2) is 11.7. The summed E-state index contributed by atoms with van der Waals surface area (Å²) < 4.78 is 5.55. The third-order valence-electron chi connectivity index (χ3n) is 6.18. The Bertz CT molecular complexity index is 972. The molecule has 0 spiro atoms. The summed E-state index contributed by atoms with van der Waals surface area (Å²) >= 11 is 0. The third kappa shape index (κ3) is 6.59. The smallest absolute Gasteiger partial charge is 0.408 e. The molecule has 7 nitrogen and oxygen atoms in total. The predicted molar refractivity (Wildman–Crippen MR) is 131 cm³/mol. The number of amides is 2. The third-order valence-corrected chi connectivity index (χ3v) is 6.18. The minimum atomic E-state index is -1.11. The van der Waals surface area contributed by atoms with Crippen LogP contribution in [0.3, 0.4) is 0 Å². The van der Waals surface area contributed by atoms with Crippen LogP contribution in [-0.4, -0.2) is 41.8 Å². The molecule has 34 heavy (non-hydrogen) atoms. The summed E-state index contributed by atoms with van der Waals surface area (Å²) in [5, 5.41) is 14.2. The Balaban J connectivity index is 1.42. The van der Waals surface area contributed by atoms with E-state index in [-0.39, 0.29) is 24.9 Å². The van der Waals surface area contributed by atoms with Gasteiger partial charge in [0.15, 0.2) is 0 Å². The summed E-state index contributed by atoms with van der Waals surface area (Å²) in [5.41, 5.74) is 3.49. The van der Waals surface area contributed by atoms with Gasteiger partial charge in [0.05, 0.1) is 0 Å². The van der Waals surface area contributed by atoms with Gasteiger partial charge in [-0.15, -0.1) is 0 Å². The Morgan fingerprint density at radius 1 is 0.882 bits per heavy atom. The first-order valence-corrected chi connectivity index (χ1v) is 11.9. The minimum absolute atomic E-state index is 0.0365. The van der Waals surface area contributed by atoms with Crippen LogP contribution in [0.5, 0.6) is 0 Å². The molecular formula is C27H34N2O5. The zero-order chi connectivity index (χ0) is 24.6. The van der Waals surface area contributed by atoms with Crippen LogP contribution in [0, 0.1) is 0 Å². The summed E-state index contributed by atoms with van der Waals surface area (Å²) in [6.45, 7) is 4.00. The second-order valence-electron chi connectivity index (χ2n) is 9.24. The van der Waals surface area contributed by atoms with Crippen LogP contribution in [0.15, 0.2) is 48.5 Å². The van der Waals surface area contributed by atoms with Gasteiger partial charge in [-0.05, 0) is 48.9 Å². The molecule has 0 radical (unpaired) electrons. The van der Waals surface area contributed by atoms with Gasteiger partial charge in [-0.2, -0.15) is 0 Å². The maximum atomic E-state index is 12.6. The van der Waals surface area contributed by atoms with Crippen LogP contribution in [-0.2, 0) is 14.3 Å². The average Bonchev–Trinajstić information content (AvgIpc) is 3.12. The number of ether oxygens (including phenoxy) is 1. The molecule has 2 aromatic rings. The van der Waals surface area contributed by atoms with Crippen LogP contribution in [0.25, 0.3) is 11.1 Å². The molecule has 0 bridgehead atoms. The number of carbonyl (C=O) groups excluding carboxylic acids is 2. The van der Waals surface area contributed by atoms with Crippen molar-refractivity contribution in [1.29, 1.82) is 0 Å². The molecular weight excluding hydrogens is 432 g/mol. The summed E-state index contributed by atoms with van der Waals surface area (Å²) in [4.78, 5) is 35.6. The lowest BCUT2D eigenvalue weighted by atomic mass is 9.98. The molecule has 0 fully saturated rings. The minimum Gasteiger partial charge on any atom is -0.481 e. The molecule has 0 aliphatic heterocycles. The summed E-state index contributed by atoms with van der Waals surface area (Å²) in [5.74, 6) is -1.07. The van der Waals surface area contributed by atoms with Crippen molar-refractivity contribution in [3.05, 3.63) is 59.7 Å². The van der Waals surface area contributed by atoms with E-state index >= 15 is 0 Å². The molecule has 2 aromatic carbocycles. The first-order chi connectivity index (χ1) is 16.3. The highest BCUT2D eigenvalue weighted by molar-refractivity contribution is 5.89. The van der Waals surface area contributed by atoms with E-state index in [1.165, 1.54) is 0 Å². The molecule has 0 saturated heterocycles. The Morgan fingerprint density at radius 3 is 2.06 bits per heavy atom. The van der Waals surface area contributed by atoms with Crippen LogP contribution in [0.2, 0.25) is 0 Å². The number of hydrogen-bond donors (Lipinski definition) is 3. The highest BCUT2D eigenvalue weighted by Gasteiger charge is 2.32. The van der Waals surface area contributed by atoms with Crippen molar-refractivity contribution in [2.75, 3.05) is 13.2 Å². The van der Waals surface area contributed by atoms with Crippen molar-refractivity contribution in [2.24, 2.45) is 0 Å². The number of aliphatic carboxylic acids is 1. The summed E-state index contributed by atoms with van der Waals surface area (Å²) in [7, 11) is 0. The molecule has 182 valence electrons. The molecule has 0 heterocycles. The number of benzene rings is 2. The highest BCUT2D eigenvalue weighted by Crippen LogP contribution is 2.44. The first-order valence-electron chi connectivity index (χ1n) is 11.9. The van der Waals surface area contributed by atoms with Crippen molar-refractivity contribution in [1.82, 2.24) is 10.6 Å². The van der Waals surface area contributed by atoms with Crippen molar-refractivity contribution in [3.63, 3.8) is 0 Å². The van der Waals surface area contributed by atoms with Crippen molar-refractivity contribution < 1.29 is 24.2 Å². The number of hydrogen-bond acceptors (Lipinski definition) is 4. The highest BCUT2D eigenvalue weighted by atomic mass is 16.5. The Hall–Kier alpha value is -3.35. The number of nitrogens with one attached hydrogen (secondary N) is 2. The zero-order valence-electron chi connectivity index (χ0n) is 19.9. The number of unbranched alkanes of at least 4 members (excludes halogenated alkanes) is 4. The van der Waals surface area contributed by atoms with Gasteiger partial charge >= 0.3 is 12.1 Å². The SMILES string of the molecule is CC(C)(NC(=O)OCC1c2ccccc2-c2ccccc21)C(=O)NCCCCCCCC(=O)O. The van der Waals surface area contributed by atoms with Gasteiger partial charge in [0.2, 0.25) is 5.91 Å². The lowest BCUT2D eigenvalue weighted by Crippen LogP contribution is -2.55. The molecule has 1 aliphatic carbocycles. The van der Waals surface area contributed by atoms with Crippen molar-refractivity contribution in [3.8, 4) is 11.1 Å². The van der Waals surface area contributed by atoms with Gasteiger partial charge in [0.25, 0.3) is 0 Å². The number of carboxylic acids is 1. The molecule has 7 heteroatoms. The lowest BCUT2D eigenvalue weighted by Gasteiger charge is -2.25. The predicted octanol–water partition coefficient (Wildman–Crippen LogP) is 4.85. The molecule has 2 amide bonds. The first kappa shape index (κ1) is 25.3. The van der Waals surface area contributed by atoms with Crippen LogP contribution < -0.4 is 10.6 Å². The van der Waals surface area contributed by atoms with Crippen LogP contribution in [0.4, 0.5) is 4.79 Å². The molecule has 0 unspecified atom stereocenters. The maximum absolute atomic E-state index is 12.6. The van der Waals surface area contributed by atoms with Gasteiger partial charge in [-0.3, -0.25) is 9.59 Å². The van der Waals surface area contributed by atoms with E-state index < -0.39 is 17.6 Å². The fraction of sp³-hybridized carbons (Fsp3) is 0.444. The quantitative estimate of drug-likeness (QED) is 0.388. The largest absolute Gasteiger partial charge is 0.481 e. The van der Waals surface area contributed by atoms with Crippen molar-refractivity contribution in [2.45, 2.75) is 63.8 Å². The lowest BCUT2D eigenvalue weighted by molar-refractivity contribution is -0.137. The Morgan fingerprint density at radius 2 is 1.44 bits per heavy atom. The maximum Gasteiger partial charge on any atom is 0.408 e. The number of fused-ring (bicyclic) bond motifs is 3. The average molecular weight is 467 g/mol. The molecule has 1 aliphatic rings. The normalized spacial score (nSPS) is 12.5. The number of carboxylic acid groups (broad SMARTS) is 1. The zero-order valence-corrected chi connectivity index (χ0v) is 19.9. The van der Waals surface area contributed by atoms with E-state index in [2.05, 4.69) is 34.9 Å². The molecule has 0 aromatic heterocycles. The molecule has 3 rings (SSSR count). The fourth-order valence-corrected chi connectivity index (χ4v) is 4.30. The Labute approximate surface area is 200 Å². The topological polar surface area (TPSA) is 105 Å². The molecule has 0 saturated carbocycles. The van der Waals surface area contributed by atoms with Crippen LogP contribution >= 0.6 is 0 Å². The molecule has 0 atom stereocenters. The van der Waals surface area contributed by atoms with Gasteiger partial charge in [-0.25, -0.2) is 4.79 Å². The van der Waals surface area contributed by atoms with Crippen molar-refractivity contribution >= 4 is 18.0 Å². The van der Waals surface area contributed by atoms with Gasteiger partial charge < -0.3 is 20.5 Å². The monoisotopic (exact) mass is 466 g/mol. The fourth-order valence-electron chi connectivity index (χ4n) is 4.30. The number of alkyl carbamates (subject to hydrolysis) is 1. The summed E-state index contributed by atoms with van der Waals surface area (Å²) in [6.07, 6.45) is 3.78. The van der Waals surface area contributed by atoms with Gasteiger partial charge in [0, 0.05) is 18.9 Å². The van der Waals surface area contributed by atoms with E-state index in [1.54, 1.807) is 13.8 Å². The number of rotatable bonds is 12. The standard InChI is InChI=1S/C27H34N2O5/c1-27(2,25(32)28-17-11-5-3-4-6-16-24(30)31)29-26(33)34-18-23-21-14-9-7-12-19(21)20-13-8-10-15-22(20)23/h7-10,12-15,23H,3-6,11,16-18H2,1-2H3,(H,28,32)(H,29,33)(H,30,31). The van der Waals surface area contributed by atoms with E-state index in [0.717, 1.165) is 47.9 Å². The molecule has 3 N–H and O–H groups in total.